The zero-order valence-electron chi connectivity index (χ0n) is 10.4. The number of benzene rings is 1. The van der Waals surface area contributed by atoms with E-state index in [2.05, 4.69) is 10.3 Å². The topological polar surface area (TPSA) is 68.0 Å². The number of nitrogens with two attached hydrogens (primary N) is 1. The lowest BCUT2D eigenvalue weighted by Crippen LogP contribution is -2.15. The highest BCUT2D eigenvalue weighted by Gasteiger charge is 2.11. The van der Waals surface area contributed by atoms with Crippen molar-refractivity contribution in [2.24, 2.45) is 0 Å². The van der Waals surface area contributed by atoms with Crippen LogP contribution in [-0.4, -0.2) is 10.9 Å². The first-order valence-corrected chi connectivity index (χ1v) is 5.67. The maximum atomic E-state index is 12.1. The highest BCUT2D eigenvalue weighted by Crippen LogP contribution is 2.18. The molecule has 2 rings (SSSR count). The van der Waals surface area contributed by atoms with E-state index >= 15 is 0 Å². The fourth-order valence-corrected chi connectivity index (χ4v) is 1.71. The Hall–Kier alpha value is -2.36. The molecule has 0 bridgehead atoms. The van der Waals surface area contributed by atoms with Crippen molar-refractivity contribution in [2.45, 2.75) is 13.8 Å². The van der Waals surface area contributed by atoms with Crippen molar-refractivity contribution in [3.05, 3.63) is 53.3 Å². The zero-order chi connectivity index (χ0) is 13.1. The molecule has 1 aromatic heterocycles. The summed E-state index contributed by atoms with van der Waals surface area (Å²) in [5.41, 5.74) is 9.27. The third-order valence-corrected chi connectivity index (χ3v) is 2.88. The van der Waals surface area contributed by atoms with Gasteiger partial charge in [0.15, 0.2) is 0 Å². The number of carbonyl (C=O) groups excluding carboxylic acids is 1. The van der Waals surface area contributed by atoms with Crippen molar-refractivity contribution in [3.63, 3.8) is 0 Å². The van der Waals surface area contributed by atoms with Crippen LogP contribution in [-0.2, 0) is 0 Å². The minimum Gasteiger partial charge on any atom is -0.398 e. The Kier molecular flexibility index (Phi) is 3.28. The largest absolute Gasteiger partial charge is 0.398 e. The smallest absolute Gasteiger partial charge is 0.256 e. The summed E-state index contributed by atoms with van der Waals surface area (Å²) in [6.07, 6.45) is 1.69. The molecule has 2 aromatic rings. The average molecular weight is 241 g/mol. The molecule has 0 unspecified atom stereocenters. The van der Waals surface area contributed by atoms with Crippen molar-refractivity contribution in [1.29, 1.82) is 0 Å². The number of nitrogens with one attached hydrogen (secondary N) is 1. The Morgan fingerprint density at radius 3 is 2.72 bits per heavy atom. The summed E-state index contributed by atoms with van der Waals surface area (Å²) in [6, 6.07) is 8.91. The zero-order valence-corrected chi connectivity index (χ0v) is 10.4. The molecular formula is C14H15N3O. The van der Waals surface area contributed by atoms with Gasteiger partial charge in [-0.1, -0.05) is 6.07 Å². The summed E-state index contributed by atoms with van der Waals surface area (Å²) >= 11 is 0. The summed E-state index contributed by atoms with van der Waals surface area (Å²) in [7, 11) is 0. The van der Waals surface area contributed by atoms with Crippen LogP contribution in [0.15, 0.2) is 36.5 Å². The van der Waals surface area contributed by atoms with E-state index in [0.717, 1.165) is 11.3 Å². The Bertz CT molecular complexity index is 593. The Labute approximate surface area is 106 Å². The van der Waals surface area contributed by atoms with Crippen LogP contribution in [0.4, 0.5) is 11.4 Å². The molecule has 1 amide bonds. The highest BCUT2D eigenvalue weighted by molar-refractivity contribution is 6.06. The summed E-state index contributed by atoms with van der Waals surface area (Å²) in [5.74, 6) is -0.170. The number of aryl methyl sites for hydroxylation is 1. The highest BCUT2D eigenvalue weighted by atomic mass is 16.1. The van der Waals surface area contributed by atoms with Crippen molar-refractivity contribution >= 4 is 17.3 Å². The van der Waals surface area contributed by atoms with E-state index in [1.165, 1.54) is 0 Å². The number of aromatic nitrogens is 1. The lowest BCUT2D eigenvalue weighted by atomic mass is 10.1. The molecule has 3 N–H and O–H groups in total. The van der Waals surface area contributed by atoms with Gasteiger partial charge in [0.2, 0.25) is 0 Å². The maximum Gasteiger partial charge on any atom is 0.256 e. The number of nitrogens with zero attached hydrogens (tertiary/aromatic N) is 1. The molecule has 0 aliphatic heterocycles. The lowest BCUT2D eigenvalue weighted by Gasteiger charge is -2.10. The summed E-state index contributed by atoms with van der Waals surface area (Å²) in [6.45, 7) is 3.68. The van der Waals surface area contributed by atoms with Gasteiger partial charge in [0.1, 0.15) is 0 Å². The molecule has 0 atom stereocenters. The molecular weight excluding hydrogens is 226 g/mol. The van der Waals surface area contributed by atoms with Crippen LogP contribution >= 0.6 is 0 Å². The predicted octanol–water partition coefficient (Wildman–Crippen LogP) is 2.53. The number of amides is 1. The number of anilines is 2. The SMILES string of the molecule is Cc1ncccc1NC(=O)c1cccc(N)c1C. The third-order valence-electron chi connectivity index (χ3n) is 2.88. The first kappa shape index (κ1) is 12.1. The molecule has 4 nitrogen and oxygen atoms in total. The first-order chi connectivity index (χ1) is 8.59. The summed E-state index contributed by atoms with van der Waals surface area (Å²) < 4.78 is 0. The van der Waals surface area contributed by atoms with Crippen LogP contribution in [0.1, 0.15) is 21.6 Å². The molecule has 92 valence electrons. The Morgan fingerprint density at radius 1 is 1.22 bits per heavy atom. The van der Waals surface area contributed by atoms with E-state index < -0.39 is 0 Å². The van der Waals surface area contributed by atoms with Gasteiger partial charge in [-0.25, -0.2) is 0 Å². The van der Waals surface area contributed by atoms with E-state index in [1.807, 2.05) is 19.9 Å². The molecule has 0 aliphatic rings. The van der Waals surface area contributed by atoms with Gasteiger partial charge in [-0.05, 0) is 43.7 Å². The summed E-state index contributed by atoms with van der Waals surface area (Å²) in [5, 5.41) is 2.84. The fourth-order valence-electron chi connectivity index (χ4n) is 1.71. The van der Waals surface area contributed by atoms with Crippen LogP contribution in [0.2, 0.25) is 0 Å². The van der Waals surface area contributed by atoms with Crippen molar-refractivity contribution in [1.82, 2.24) is 4.98 Å². The second-order valence-corrected chi connectivity index (χ2v) is 4.11. The fraction of sp³-hybridized carbons (Fsp3) is 0.143. The minimum absolute atomic E-state index is 0.170. The Balaban J connectivity index is 2.28. The van der Waals surface area contributed by atoms with Crippen molar-refractivity contribution in [2.75, 3.05) is 11.1 Å². The van der Waals surface area contributed by atoms with Crippen molar-refractivity contribution < 1.29 is 4.79 Å². The van der Waals surface area contributed by atoms with Crippen LogP contribution in [0.25, 0.3) is 0 Å². The Morgan fingerprint density at radius 2 is 2.00 bits per heavy atom. The van der Waals surface area contributed by atoms with Gasteiger partial charge in [-0.3, -0.25) is 9.78 Å². The van der Waals surface area contributed by atoms with Gasteiger partial charge < -0.3 is 11.1 Å². The van der Waals surface area contributed by atoms with E-state index in [0.29, 0.717) is 16.9 Å². The molecule has 0 spiro atoms. The molecule has 0 fully saturated rings. The standard InChI is InChI=1S/C14H15N3O/c1-9-11(5-3-6-12(9)15)14(18)17-13-7-4-8-16-10(13)2/h3-8H,15H2,1-2H3,(H,17,18). The van der Waals surface area contributed by atoms with Crippen LogP contribution in [0.3, 0.4) is 0 Å². The number of hydrogen-bond acceptors (Lipinski definition) is 3. The second kappa shape index (κ2) is 4.87. The molecule has 0 saturated carbocycles. The average Bonchev–Trinajstić information content (AvgIpc) is 2.35. The second-order valence-electron chi connectivity index (χ2n) is 4.11. The van der Waals surface area contributed by atoms with Gasteiger partial charge in [0.25, 0.3) is 5.91 Å². The van der Waals surface area contributed by atoms with E-state index in [9.17, 15) is 4.79 Å². The summed E-state index contributed by atoms with van der Waals surface area (Å²) in [4.78, 5) is 16.3. The number of carbonyl (C=O) groups is 1. The molecule has 18 heavy (non-hydrogen) atoms. The lowest BCUT2D eigenvalue weighted by molar-refractivity contribution is 0.102. The van der Waals surface area contributed by atoms with Gasteiger partial charge in [0, 0.05) is 17.4 Å². The van der Waals surface area contributed by atoms with Crippen LogP contribution in [0.5, 0.6) is 0 Å². The molecule has 0 aliphatic carbocycles. The molecule has 1 heterocycles. The van der Waals surface area contributed by atoms with E-state index in [-0.39, 0.29) is 5.91 Å². The van der Waals surface area contributed by atoms with Gasteiger partial charge in [-0.2, -0.15) is 0 Å². The van der Waals surface area contributed by atoms with E-state index in [1.54, 1.807) is 30.5 Å². The minimum atomic E-state index is -0.170. The number of hydrogen-bond donors (Lipinski definition) is 2. The molecule has 0 saturated heterocycles. The van der Waals surface area contributed by atoms with Gasteiger partial charge >= 0.3 is 0 Å². The number of nitrogen functional groups attached to an aromatic ring is 1. The quantitative estimate of drug-likeness (QED) is 0.794. The van der Waals surface area contributed by atoms with Crippen LogP contribution in [0, 0.1) is 13.8 Å². The third kappa shape index (κ3) is 2.32. The monoisotopic (exact) mass is 241 g/mol. The molecule has 0 radical (unpaired) electrons. The number of pyridine rings is 1. The maximum absolute atomic E-state index is 12.1. The van der Waals surface area contributed by atoms with Crippen molar-refractivity contribution in [3.8, 4) is 0 Å². The van der Waals surface area contributed by atoms with Gasteiger partial charge in [-0.15, -0.1) is 0 Å². The van der Waals surface area contributed by atoms with Gasteiger partial charge in [0.05, 0.1) is 11.4 Å². The predicted molar refractivity (Wildman–Crippen MR) is 72.5 cm³/mol. The molecule has 1 aromatic carbocycles. The van der Waals surface area contributed by atoms with Crippen LogP contribution < -0.4 is 11.1 Å². The number of rotatable bonds is 2. The van der Waals surface area contributed by atoms with E-state index in [4.69, 9.17) is 5.73 Å². The normalized spacial score (nSPS) is 10.1. The first-order valence-electron chi connectivity index (χ1n) is 5.67. The molecule has 4 heteroatoms.